The van der Waals surface area contributed by atoms with Crippen molar-refractivity contribution >= 4 is 21.2 Å². The zero-order chi connectivity index (χ0) is 11.9. The van der Waals surface area contributed by atoms with Crippen LogP contribution in [0.1, 0.15) is 18.9 Å². The molecule has 1 aliphatic rings. The van der Waals surface area contributed by atoms with Crippen molar-refractivity contribution in [1.29, 1.82) is 0 Å². The molecule has 0 aliphatic carbocycles. The number of hydrogen-bond acceptors (Lipinski definition) is 3. The van der Waals surface area contributed by atoms with Crippen LogP contribution in [0, 0.1) is 5.82 Å². The number of Topliss-reactive ketones (excluding diaryl/α,β-unsaturated/α-hetero) is 1. The van der Waals surface area contributed by atoms with E-state index in [0.29, 0.717) is 11.1 Å². The number of carbonyl (C=O) groups excluding carboxylic acids is 1. The predicted molar refractivity (Wildman–Crippen MR) is 56.9 cm³/mol. The SMILES string of the molecule is CC(=O)CC1=CS(=O)(=O)c2cc(F)ccc21. The molecule has 0 saturated carbocycles. The zero-order valence-corrected chi connectivity index (χ0v) is 9.34. The van der Waals surface area contributed by atoms with Gasteiger partial charge in [0.2, 0.25) is 9.84 Å². The molecule has 1 aliphatic heterocycles. The van der Waals surface area contributed by atoms with Crippen molar-refractivity contribution < 1.29 is 17.6 Å². The number of halogens is 1. The Morgan fingerprint density at radius 1 is 1.38 bits per heavy atom. The molecule has 0 fully saturated rings. The Bertz CT molecular complexity index is 600. The molecular weight excluding hydrogens is 231 g/mol. The molecular formula is C11H9FO3S. The van der Waals surface area contributed by atoms with Gasteiger partial charge in [-0.2, -0.15) is 0 Å². The first-order chi connectivity index (χ1) is 7.40. The van der Waals surface area contributed by atoms with Crippen LogP contribution in [-0.2, 0) is 14.6 Å². The van der Waals surface area contributed by atoms with E-state index in [-0.39, 0.29) is 17.1 Å². The number of ketones is 1. The van der Waals surface area contributed by atoms with E-state index in [2.05, 4.69) is 0 Å². The van der Waals surface area contributed by atoms with Crippen molar-refractivity contribution in [3.63, 3.8) is 0 Å². The Morgan fingerprint density at radius 3 is 2.69 bits per heavy atom. The summed E-state index contributed by atoms with van der Waals surface area (Å²) in [7, 11) is -3.58. The van der Waals surface area contributed by atoms with Crippen LogP contribution in [-0.4, -0.2) is 14.2 Å². The maximum absolute atomic E-state index is 12.9. The topological polar surface area (TPSA) is 51.2 Å². The Morgan fingerprint density at radius 2 is 2.06 bits per heavy atom. The van der Waals surface area contributed by atoms with Crippen molar-refractivity contribution in [1.82, 2.24) is 0 Å². The summed E-state index contributed by atoms with van der Waals surface area (Å²) in [5.74, 6) is -0.724. The van der Waals surface area contributed by atoms with Gasteiger partial charge in [0.15, 0.2) is 0 Å². The zero-order valence-electron chi connectivity index (χ0n) is 8.53. The van der Waals surface area contributed by atoms with Crippen molar-refractivity contribution in [2.45, 2.75) is 18.2 Å². The van der Waals surface area contributed by atoms with Gasteiger partial charge in [0.1, 0.15) is 11.6 Å². The quantitative estimate of drug-likeness (QED) is 0.793. The minimum Gasteiger partial charge on any atom is -0.300 e. The van der Waals surface area contributed by atoms with E-state index in [9.17, 15) is 17.6 Å². The van der Waals surface area contributed by atoms with Gasteiger partial charge in [-0.1, -0.05) is 6.07 Å². The van der Waals surface area contributed by atoms with Crippen LogP contribution >= 0.6 is 0 Å². The second-order valence-electron chi connectivity index (χ2n) is 3.71. The number of sulfone groups is 1. The largest absolute Gasteiger partial charge is 0.300 e. The van der Waals surface area contributed by atoms with Crippen LogP contribution in [0.5, 0.6) is 0 Å². The van der Waals surface area contributed by atoms with Crippen LogP contribution in [0.15, 0.2) is 28.5 Å². The van der Waals surface area contributed by atoms with Crippen LogP contribution in [0.4, 0.5) is 4.39 Å². The van der Waals surface area contributed by atoms with Gasteiger partial charge in [0, 0.05) is 11.8 Å². The van der Waals surface area contributed by atoms with Crippen LogP contribution in [0.2, 0.25) is 0 Å². The molecule has 16 heavy (non-hydrogen) atoms. The molecule has 0 N–H and O–H groups in total. The highest BCUT2D eigenvalue weighted by molar-refractivity contribution is 7.95. The lowest BCUT2D eigenvalue weighted by molar-refractivity contribution is -0.116. The minimum atomic E-state index is -3.58. The highest BCUT2D eigenvalue weighted by Gasteiger charge is 2.27. The van der Waals surface area contributed by atoms with Gasteiger partial charge in [0.05, 0.1) is 4.90 Å². The first kappa shape index (κ1) is 11.0. The van der Waals surface area contributed by atoms with Gasteiger partial charge in [-0.3, -0.25) is 4.79 Å². The minimum absolute atomic E-state index is 0.0521. The average molecular weight is 240 g/mol. The summed E-state index contributed by atoms with van der Waals surface area (Å²) in [6, 6.07) is 3.56. The fourth-order valence-electron chi connectivity index (χ4n) is 1.72. The Hall–Kier alpha value is -1.49. The third-order valence-electron chi connectivity index (χ3n) is 2.33. The molecule has 0 saturated heterocycles. The second kappa shape index (κ2) is 3.52. The molecule has 5 heteroatoms. The lowest BCUT2D eigenvalue weighted by Gasteiger charge is -2.01. The average Bonchev–Trinajstić information content (AvgIpc) is 2.37. The van der Waals surface area contributed by atoms with E-state index >= 15 is 0 Å². The smallest absolute Gasteiger partial charge is 0.200 e. The second-order valence-corrected chi connectivity index (χ2v) is 5.47. The Labute approximate surface area is 92.5 Å². The highest BCUT2D eigenvalue weighted by Crippen LogP contribution is 2.35. The van der Waals surface area contributed by atoms with E-state index in [1.807, 2.05) is 0 Å². The van der Waals surface area contributed by atoms with Gasteiger partial charge < -0.3 is 0 Å². The first-order valence-corrected chi connectivity index (χ1v) is 6.20. The van der Waals surface area contributed by atoms with E-state index in [1.54, 1.807) is 0 Å². The lowest BCUT2D eigenvalue weighted by atomic mass is 10.0. The molecule has 1 aromatic carbocycles. The molecule has 3 nitrogen and oxygen atoms in total. The summed E-state index contributed by atoms with van der Waals surface area (Å²) in [4.78, 5) is 10.9. The number of benzene rings is 1. The van der Waals surface area contributed by atoms with Crippen molar-refractivity contribution in [3.05, 3.63) is 35.0 Å². The monoisotopic (exact) mass is 240 g/mol. The number of allylic oxidation sites excluding steroid dienone is 1. The fraction of sp³-hybridized carbons (Fsp3) is 0.182. The van der Waals surface area contributed by atoms with E-state index < -0.39 is 15.7 Å². The van der Waals surface area contributed by atoms with Gasteiger partial charge in [-0.25, -0.2) is 12.8 Å². The maximum atomic E-state index is 12.9. The van der Waals surface area contributed by atoms with Gasteiger partial charge in [-0.15, -0.1) is 0 Å². The molecule has 0 radical (unpaired) electrons. The predicted octanol–water partition coefficient (Wildman–Crippen LogP) is 1.93. The molecule has 1 aromatic rings. The van der Waals surface area contributed by atoms with E-state index in [1.165, 1.54) is 19.1 Å². The number of fused-ring (bicyclic) bond motifs is 1. The first-order valence-electron chi connectivity index (χ1n) is 4.65. The van der Waals surface area contributed by atoms with Crippen LogP contribution in [0.3, 0.4) is 0 Å². The summed E-state index contributed by atoms with van der Waals surface area (Å²) in [6.07, 6.45) is 0.0534. The normalized spacial score (nSPS) is 16.8. The van der Waals surface area contributed by atoms with E-state index in [0.717, 1.165) is 11.5 Å². The molecule has 1 heterocycles. The van der Waals surface area contributed by atoms with E-state index in [4.69, 9.17) is 0 Å². The highest BCUT2D eigenvalue weighted by atomic mass is 32.2. The molecule has 0 spiro atoms. The van der Waals surface area contributed by atoms with Crippen LogP contribution < -0.4 is 0 Å². The van der Waals surface area contributed by atoms with Crippen molar-refractivity contribution in [2.24, 2.45) is 0 Å². The molecule has 0 aromatic heterocycles. The maximum Gasteiger partial charge on any atom is 0.200 e. The Balaban J connectivity index is 2.60. The third-order valence-corrected chi connectivity index (χ3v) is 3.88. The van der Waals surface area contributed by atoms with Crippen LogP contribution in [0.25, 0.3) is 5.57 Å². The van der Waals surface area contributed by atoms with Crippen molar-refractivity contribution in [3.8, 4) is 0 Å². The molecule has 0 amide bonds. The van der Waals surface area contributed by atoms with Gasteiger partial charge in [-0.05, 0) is 30.2 Å². The number of hydrogen-bond donors (Lipinski definition) is 0. The summed E-state index contributed by atoms with van der Waals surface area (Å²) in [6.45, 7) is 1.38. The summed E-state index contributed by atoms with van der Waals surface area (Å²) < 4.78 is 36.2. The summed E-state index contributed by atoms with van der Waals surface area (Å²) in [5, 5.41) is 1.04. The standard InChI is InChI=1S/C11H9FO3S/c1-7(13)4-8-6-16(14,15)11-5-9(12)2-3-10(8)11/h2-3,5-6H,4H2,1H3. The Kier molecular flexibility index (Phi) is 2.42. The van der Waals surface area contributed by atoms with Crippen molar-refractivity contribution in [2.75, 3.05) is 0 Å². The molecule has 84 valence electrons. The van der Waals surface area contributed by atoms with Gasteiger partial charge >= 0.3 is 0 Å². The third kappa shape index (κ3) is 1.78. The number of rotatable bonds is 2. The van der Waals surface area contributed by atoms with Gasteiger partial charge in [0.25, 0.3) is 0 Å². The number of carbonyl (C=O) groups is 1. The molecule has 0 atom stereocenters. The fourth-order valence-corrected chi connectivity index (χ4v) is 3.21. The summed E-state index contributed by atoms with van der Waals surface area (Å²) >= 11 is 0. The summed E-state index contributed by atoms with van der Waals surface area (Å²) in [5.41, 5.74) is 0.860. The molecule has 0 bridgehead atoms. The molecule has 0 unspecified atom stereocenters. The lowest BCUT2D eigenvalue weighted by Crippen LogP contribution is -1.94. The molecule has 2 rings (SSSR count).